The van der Waals surface area contributed by atoms with Crippen molar-refractivity contribution in [2.45, 2.75) is 19.8 Å². The van der Waals surface area contributed by atoms with Gasteiger partial charge in [0.15, 0.2) is 5.96 Å². The lowest BCUT2D eigenvalue weighted by molar-refractivity contribution is 0.343. The van der Waals surface area contributed by atoms with E-state index in [9.17, 15) is 0 Å². The highest BCUT2D eigenvalue weighted by Crippen LogP contribution is 2.35. The number of guanidine groups is 1. The molecule has 0 aliphatic heterocycles. The zero-order valence-electron chi connectivity index (χ0n) is 10.9. The number of nitrogens with one attached hydrogen (secondary N) is 2. The Kier molecular flexibility index (Phi) is 3.36. The highest BCUT2D eigenvalue weighted by molar-refractivity contribution is 5.79. The van der Waals surface area contributed by atoms with Crippen LogP contribution in [0, 0.1) is 5.41 Å². The zero-order valence-corrected chi connectivity index (χ0v) is 10.9. The van der Waals surface area contributed by atoms with Gasteiger partial charge in [-0.3, -0.25) is 4.99 Å². The summed E-state index contributed by atoms with van der Waals surface area (Å²) in [5, 5.41) is 6.43. The van der Waals surface area contributed by atoms with Gasteiger partial charge in [0.2, 0.25) is 0 Å². The second kappa shape index (κ2) is 4.78. The van der Waals surface area contributed by atoms with E-state index in [1.165, 1.54) is 11.1 Å². The minimum absolute atomic E-state index is 0.302. The molecule has 0 atom stereocenters. The van der Waals surface area contributed by atoms with Crippen LogP contribution in [0.1, 0.15) is 18.1 Å². The van der Waals surface area contributed by atoms with Crippen molar-refractivity contribution in [3.8, 4) is 0 Å². The first-order valence-electron chi connectivity index (χ1n) is 6.12. The summed E-state index contributed by atoms with van der Waals surface area (Å²) in [7, 11) is 3.69. The van der Waals surface area contributed by atoms with Crippen molar-refractivity contribution in [2.24, 2.45) is 10.4 Å². The number of aliphatic imine (C=N–C) groups is 1. The van der Waals surface area contributed by atoms with E-state index < -0.39 is 0 Å². The molecule has 0 aromatic heterocycles. The molecule has 1 aromatic carbocycles. The van der Waals surface area contributed by atoms with Crippen LogP contribution in [0.4, 0.5) is 0 Å². The fraction of sp³-hybridized carbons (Fsp3) is 0.500. The molecule has 0 saturated heterocycles. The summed E-state index contributed by atoms with van der Waals surface area (Å²) in [6.45, 7) is 3.29. The van der Waals surface area contributed by atoms with E-state index in [2.05, 4.69) is 46.8 Å². The van der Waals surface area contributed by atoms with Crippen LogP contribution in [-0.2, 0) is 12.8 Å². The van der Waals surface area contributed by atoms with Gasteiger partial charge in [-0.2, -0.15) is 0 Å². The minimum atomic E-state index is 0.302. The number of benzene rings is 1. The average Bonchev–Trinajstić information content (AvgIpc) is 2.67. The molecule has 1 aliphatic rings. The van der Waals surface area contributed by atoms with Crippen molar-refractivity contribution in [2.75, 3.05) is 20.6 Å². The highest BCUT2D eigenvalue weighted by Gasteiger charge is 2.32. The fourth-order valence-corrected chi connectivity index (χ4v) is 2.59. The maximum absolute atomic E-state index is 4.14. The number of hydrogen-bond donors (Lipinski definition) is 2. The van der Waals surface area contributed by atoms with Crippen molar-refractivity contribution in [1.29, 1.82) is 0 Å². The zero-order chi connectivity index (χ0) is 12.3. The molecule has 2 N–H and O–H groups in total. The second-order valence-electron chi connectivity index (χ2n) is 5.11. The Bertz CT molecular complexity index is 398. The van der Waals surface area contributed by atoms with E-state index in [1.54, 1.807) is 7.05 Å². The molecule has 0 amide bonds. The van der Waals surface area contributed by atoms with Crippen molar-refractivity contribution in [3.63, 3.8) is 0 Å². The first kappa shape index (κ1) is 12.0. The number of hydrogen-bond acceptors (Lipinski definition) is 1. The van der Waals surface area contributed by atoms with Crippen LogP contribution in [0.5, 0.6) is 0 Å². The molecule has 3 heteroatoms. The molecule has 2 rings (SSSR count). The van der Waals surface area contributed by atoms with Crippen molar-refractivity contribution in [3.05, 3.63) is 35.4 Å². The largest absolute Gasteiger partial charge is 0.359 e. The average molecular weight is 231 g/mol. The Hall–Kier alpha value is -1.51. The van der Waals surface area contributed by atoms with Gasteiger partial charge < -0.3 is 10.6 Å². The Labute approximate surface area is 103 Å². The highest BCUT2D eigenvalue weighted by atomic mass is 15.2. The third-order valence-corrected chi connectivity index (χ3v) is 3.50. The molecule has 0 radical (unpaired) electrons. The molecule has 0 saturated carbocycles. The van der Waals surface area contributed by atoms with Crippen LogP contribution in [0.3, 0.4) is 0 Å². The lowest BCUT2D eigenvalue weighted by Gasteiger charge is -2.24. The van der Waals surface area contributed by atoms with E-state index in [0.717, 1.165) is 25.3 Å². The predicted molar refractivity (Wildman–Crippen MR) is 72.4 cm³/mol. The normalized spacial score (nSPS) is 17.7. The lowest BCUT2D eigenvalue weighted by Crippen LogP contribution is -2.41. The molecule has 3 nitrogen and oxygen atoms in total. The summed E-state index contributed by atoms with van der Waals surface area (Å²) in [5.41, 5.74) is 3.30. The third-order valence-electron chi connectivity index (χ3n) is 3.50. The number of nitrogens with zero attached hydrogens (tertiary/aromatic N) is 1. The van der Waals surface area contributed by atoms with E-state index in [1.807, 2.05) is 7.05 Å². The molecular weight excluding hydrogens is 210 g/mol. The van der Waals surface area contributed by atoms with Gasteiger partial charge in [-0.1, -0.05) is 31.2 Å². The van der Waals surface area contributed by atoms with Crippen LogP contribution in [0.15, 0.2) is 29.3 Å². The SMILES string of the molecule is CN=C(NC)NCC1(C)Cc2ccccc2C1. The standard InChI is InChI=1S/C14H21N3/c1-14(10-17-13(15-2)16-3)8-11-6-4-5-7-12(11)9-14/h4-7H,8-10H2,1-3H3,(H2,15,16,17). The van der Waals surface area contributed by atoms with Gasteiger partial charge >= 0.3 is 0 Å². The van der Waals surface area contributed by atoms with Crippen molar-refractivity contribution >= 4 is 5.96 Å². The van der Waals surface area contributed by atoms with Gasteiger partial charge in [-0.05, 0) is 29.4 Å². The van der Waals surface area contributed by atoms with Crippen LogP contribution >= 0.6 is 0 Å². The summed E-state index contributed by atoms with van der Waals surface area (Å²) >= 11 is 0. The van der Waals surface area contributed by atoms with Gasteiger partial charge in [0.1, 0.15) is 0 Å². The molecule has 92 valence electrons. The first-order valence-corrected chi connectivity index (χ1v) is 6.12. The fourth-order valence-electron chi connectivity index (χ4n) is 2.59. The molecule has 17 heavy (non-hydrogen) atoms. The van der Waals surface area contributed by atoms with E-state index in [0.29, 0.717) is 5.41 Å². The molecule has 0 spiro atoms. The predicted octanol–water partition coefficient (Wildman–Crippen LogP) is 1.59. The monoisotopic (exact) mass is 231 g/mol. The van der Waals surface area contributed by atoms with E-state index in [-0.39, 0.29) is 0 Å². The number of fused-ring (bicyclic) bond motifs is 1. The maximum atomic E-state index is 4.14. The second-order valence-corrected chi connectivity index (χ2v) is 5.11. The van der Waals surface area contributed by atoms with Crippen molar-refractivity contribution < 1.29 is 0 Å². The molecule has 0 unspecified atom stereocenters. The third kappa shape index (κ3) is 2.60. The smallest absolute Gasteiger partial charge is 0.190 e. The van der Waals surface area contributed by atoms with Gasteiger partial charge in [0, 0.05) is 20.6 Å². The Morgan fingerprint density at radius 1 is 1.29 bits per heavy atom. The van der Waals surface area contributed by atoms with Gasteiger partial charge in [0.05, 0.1) is 0 Å². The molecule has 0 bridgehead atoms. The summed E-state index contributed by atoms with van der Waals surface area (Å²) in [4.78, 5) is 4.14. The minimum Gasteiger partial charge on any atom is -0.359 e. The number of rotatable bonds is 2. The Morgan fingerprint density at radius 3 is 2.35 bits per heavy atom. The van der Waals surface area contributed by atoms with Crippen LogP contribution in [-0.4, -0.2) is 26.6 Å². The molecule has 1 aliphatic carbocycles. The maximum Gasteiger partial charge on any atom is 0.190 e. The summed E-state index contributed by atoms with van der Waals surface area (Å²) in [6.07, 6.45) is 2.30. The molecule has 0 fully saturated rings. The summed E-state index contributed by atoms with van der Waals surface area (Å²) in [5.74, 6) is 0.863. The van der Waals surface area contributed by atoms with Gasteiger partial charge in [0.25, 0.3) is 0 Å². The topological polar surface area (TPSA) is 36.4 Å². The lowest BCUT2D eigenvalue weighted by atomic mass is 9.87. The van der Waals surface area contributed by atoms with Gasteiger partial charge in [-0.15, -0.1) is 0 Å². The molecule has 1 aromatic rings. The molecular formula is C14H21N3. The van der Waals surface area contributed by atoms with Crippen LogP contribution < -0.4 is 10.6 Å². The Balaban J connectivity index is 2.00. The Morgan fingerprint density at radius 2 is 1.88 bits per heavy atom. The van der Waals surface area contributed by atoms with E-state index >= 15 is 0 Å². The molecule has 0 heterocycles. The van der Waals surface area contributed by atoms with Crippen molar-refractivity contribution in [1.82, 2.24) is 10.6 Å². The quantitative estimate of drug-likeness (QED) is 0.599. The van der Waals surface area contributed by atoms with Crippen LogP contribution in [0.25, 0.3) is 0 Å². The first-order chi connectivity index (χ1) is 8.17. The van der Waals surface area contributed by atoms with Crippen LogP contribution in [0.2, 0.25) is 0 Å². The summed E-state index contributed by atoms with van der Waals surface area (Å²) < 4.78 is 0. The van der Waals surface area contributed by atoms with E-state index in [4.69, 9.17) is 0 Å². The van der Waals surface area contributed by atoms with Gasteiger partial charge in [-0.25, -0.2) is 0 Å². The summed E-state index contributed by atoms with van der Waals surface area (Å²) in [6, 6.07) is 8.75.